The van der Waals surface area contributed by atoms with Crippen molar-refractivity contribution in [3.63, 3.8) is 0 Å². The van der Waals surface area contributed by atoms with E-state index in [2.05, 4.69) is 35.2 Å². The van der Waals surface area contributed by atoms with E-state index in [0.717, 1.165) is 19.4 Å². The highest BCUT2D eigenvalue weighted by molar-refractivity contribution is 5.72. The van der Waals surface area contributed by atoms with E-state index < -0.39 is 0 Å². The van der Waals surface area contributed by atoms with Gasteiger partial charge in [-0.2, -0.15) is 0 Å². The summed E-state index contributed by atoms with van der Waals surface area (Å²) in [5, 5.41) is 1.45. The minimum Gasteiger partial charge on any atom is -0.293 e. The maximum atomic E-state index is 11.4. The van der Waals surface area contributed by atoms with Crippen molar-refractivity contribution in [1.29, 1.82) is 0 Å². The van der Waals surface area contributed by atoms with E-state index in [1.54, 1.807) is 6.92 Å². The number of carbonyl (C=O) groups is 1. The number of nitrogens with zero attached hydrogens (tertiary/aromatic N) is 2. The Morgan fingerprint density at radius 2 is 1.85 bits per heavy atom. The van der Waals surface area contributed by atoms with Gasteiger partial charge >= 0.3 is 0 Å². The van der Waals surface area contributed by atoms with E-state index in [0.29, 0.717) is 12.1 Å². The first-order valence-electron chi connectivity index (χ1n) is 7.49. The Morgan fingerprint density at radius 1 is 1.25 bits per heavy atom. The summed E-state index contributed by atoms with van der Waals surface area (Å²) in [5.74, 6) is 5.88. The number of carbonyl (C=O) groups excluding carboxylic acids is 1. The van der Waals surface area contributed by atoms with E-state index in [4.69, 9.17) is 5.84 Å². The zero-order valence-electron chi connectivity index (χ0n) is 12.0. The summed E-state index contributed by atoms with van der Waals surface area (Å²) in [4.78, 5) is 14.0. The van der Waals surface area contributed by atoms with Gasteiger partial charge in [0.15, 0.2) is 0 Å². The van der Waals surface area contributed by atoms with E-state index in [1.807, 2.05) is 0 Å². The summed E-state index contributed by atoms with van der Waals surface area (Å²) in [7, 11) is 0. The van der Waals surface area contributed by atoms with Gasteiger partial charge in [0, 0.05) is 25.6 Å². The average molecular weight is 273 g/mol. The largest absolute Gasteiger partial charge is 0.293 e. The third-order valence-corrected chi connectivity index (χ3v) is 4.82. The van der Waals surface area contributed by atoms with Crippen LogP contribution in [0.3, 0.4) is 0 Å². The fourth-order valence-corrected chi connectivity index (χ4v) is 3.78. The lowest BCUT2D eigenvalue weighted by atomic mass is 9.96. The Labute approximate surface area is 120 Å². The summed E-state index contributed by atoms with van der Waals surface area (Å²) in [5.41, 5.74) is 1.37. The predicted molar refractivity (Wildman–Crippen MR) is 78.5 cm³/mol. The highest BCUT2D eigenvalue weighted by atomic mass is 16.2. The van der Waals surface area contributed by atoms with Gasteiger partial charge in [0.1, 0.15) is 0 Å². The van der Waals surface area contributed by atoms with Crippen LogP contribution in [0, 0.1) is 0 Å². The van der Waals surface area contributed by atoms with Crippen molar-refractivity contribution in [3.8, 4) is 0 Å². The number of hydrazine groups is 1. The summed E-state index contributed by atoms with van der Waals surface area (Å²) in [6.45, 7) is 2.58. The molecule has 2 bridgehead atoms. The standard InChI is InChI=1S/C16H23N3O/c1-12(20)19(17)16-9-14-7-8-15(10-16)18(14)11-13-5-3-2-4-6-13/h2-6,14-16H,7-11,17H2,1H3. The number of benzene rings is 1. The molecule has 108 valence electrons. The molecule has 4 nitrogen and oxygen atoms in total. The number of fused-ring (bicyclic) bond motifs is 2. The Morgan fingerprint density at radius 3 is 2.40 bits per heavy atom. The molecule has 1 amide bonds. The van der Waals surface area contributed by atoms with Crippen molar-refractivity contribution in [2.45, 2.75) is 57.3 Å². The number of piperidine rings is 1. The van der Waals surface area contributed by atoms with Crippen LogP contribution in [0.5, 0.6) is 0 Å². The molecule has 2 atom stereocenters. The van der Waals surface area contributed by atoms with Crippen LogP contribution in [-0.2, 0) is 11.3 Å². The molecule has 2 unspecified atom stereocenters. The molecular weight excluding hydrogens is 250 g/mol. The quantitative estimate of drug-likeness (QED) is 0.520. The Balaban J connectivity index is 1.68. The highest BCUT2D eigenvalue weighted by Crippen LogP contribution is 2.38. The molecule has 2 heterocycles. The second-order valence-electron chi connectivity index (χ2n) is 6.09. The summed E-state index contributed by atoms with van der Waals surface area (Å²) < 4.78 is 0. The zero-order chi connectivity index (χ0) is 14.1. The van der Waals surface area contributed by atoms with Crippen molar-refractivity contribution in [2.24, 2.45) is 5.84 Å². The van der Waals surface area contributed by atoms with E-state index in [9.17, 15) is 4.79 Å². The van der Waals surface area contributed by atoms with Gasteiger partial charge in [0.05, 0.1) is 6.04 Å². The second-order valence-corrected chi connectivity index (χ2v) is 6.09. The zero-order valence-corrected chi connectivity index (χ0v) is 12.0. The molecule has 1 aromatic carbocycles. The molecule has 0 aromatic heterocycles. The number of hydrogen-bond donors (Lipinski definition) is 1. The van der Waals surface area contributed by atoms with Crippen LogP contribution < -0.4 is 5.84 Å². The molecule has 2 aliphatic rings. The summed E-state index contributed by atoms with van der Waals surface area (Å²) in [6, 6.07) is 12.0. The first-order chi connectivity index (χ1) is 9.65. The summed E-state index contributed by atoms with van der Waals surface area (Å²) in [6.07, 6.45) is 4.50. The smallest absolute Gasteiger partial charge is 0.233 e. The molecular formula is C16H23N3O. The van der Waals surface area contributed by atoms with Crippen LogP contribution in [0.25, 0.3) is 0 Å². The van der Waals surface area contributed by atoms with Gasteiger partial charge < -0.3 is 0 Å². The molecule has 4 heteroatoms. The number of amides is 1. The molecule has 0 aliphatic carbocycles. The van der Waals surface area contributed by atoms with E-state index in [-0.39, 0.29) is 11.9 Å². The number of rotatable bonds is 3. The molecule has 1 aromatic rings. The Hall–Kier alpha value is -1.39. The van der Waals surface area contributed by atoms with Crippen LogP contribution in [-0.4, -0.2) is 33.9 Å². The monoisotopic (exact) mass is 273 g/mol. The van der Waals surface area contributed by atoms with Gasteiger partial charge in [-0.25, -0.2) is 5.84 Å². The lowest BCUT2D eigenvalue weighted by Crippen LogP contribution is -2.53. The topological polar surface area (TPSA) is 49.6 Å². The molecule has 20 heavy (non-hydrogen) atoms. The maximum absolute atomic E-state index is 11.4. The lowest BCUT2D eigenvalue weighted by molar-refractivity contribution is -0.133. The normalized spacial score (nSPS) is 29.4. The van der Waals surface area contributed by atoms with Gasteiger partial charge in [0.25, 0.3) is 0 Å². The van der Waals surface area contributed by atoms with Gasteiger partial charge in [-0.3, -0.25) is 14.7 Å². The summed E-state index contributed by atoms with van der Waals surface area (Å²) >= 11 is 0. The molecule has 2 fully saturated rings. The SMILES string of the molecule is CC(=O)N(N)C1CC2CCC(C1)N2Cc1ccccc1. The van der Waals surface area contributed by atoms with Crippen molar-refractivity contribution in [3.05, 3.63) is 35.9 Å². The number of nitrogens with two attached hydrogens (primary N) is 1. The fourth-order valence-electron chi connectivity index (χ4n) is 3.78. The minimum atomic E-state index is -0.0223. The molecule has 2 N–H and O–H groups in total. The predicted octanol–water partition coefficient (Wildman–Crippen LogP) is 1.90. The average Bonchev–Trinajstić information content (AvgIpc) is 2.70. The van der Waals surface area contributed by atoms with Crippen LogP contribution in [0.4, 0.5) is 0 Å². The fraction of sp³-hybridized carbons (Fsp3) is 0.562. The van der Waals surface area contributed by atoms with E-state index >= 15 is 0 Å². The van der Waals surface area contributed by atoms with Crippen LogP contribution in [0.2, 0.25) is 0 Å². The molecule has 0 saturated carbocycles. The second kappa shape index (κ2) is 5.54. The number of hydrogen-bond acceptors (Lipinski definition) is 3. The van der Waals surface area contributed by atoms with Gasteiger partial charge in [-0.15, -0.1) is 0 Å². The lowest BCUT2D eigenvalue weighted by Gasteiger charge is -2.41. The third kappa shape index (κ3) is 2.58. The minimum absolute atomic E-state index is 0.0223. The molecule has 2 aliphatic heterocycles. The van der Waals surface area contributed by atoms with Gasteiger partial charge in [0.2, 0.25) is 5.91 Å². The molecule has 0 spiro atoms. The molecule has 3 rings (SSSR count). The Kier molecular flexibility index (Phi) is 3.76. The highest BCUT2D eigenvalue weighted by Gasteiger charge is 2.42. The molecule has 2 saturated heterocycles. The van der Waals surface area contributed by atoms with Crippen molar-refractivity contribution < 1.29 is 4.79 Å². The molecule has 0 radical (unpaired) electrons. The maximum Gasteiger partial charge on any atom is 0.233 e. The van der Waals surface area contributed by atoms with Crippen molar-refractivity contribution in [1.82, 2.24) is 9.91 Å². The first-order valence-corrected chi connectivity index (χ1v) is 7.49. The Bertz CT molecular complexity index is 462. The van der Waals surface area contributed by atoms with Gasteiger partial charge in [-0.1, -0.05) is 30.3 Å². The van der Waals surface area contributed by atoms with Crippen LogP contribution in [0.1, 0.15) is 38.2 Å². The van der Waals surface area contributed by atoms with E-state index in [1.165, 1.54) is 23.4 Å². The van der Waals surface area contributed by atoms with Crippen molar-refractivity contribution in [2.75, 3.05) is 0 Å². The van der Waals surface area contributed by atoms with Crippen LogP contribution >= 0.6 is 0 Å². The first kappa shape index (κ1) is 13.6. The third-order valence-electron chi connectivity index (χ3n) is 4.82. The van der Waals surface area contributed by atoms with Crippen molar-refractivity contribution >= 4 is 5.91 Å². The van der Waals surface area contributed by atoms with Gasteiger partial charge in [-0.05, 0) is 31.2 Å². The van der Waals surface area contributed by atoms with Crippen LogP contribution in [0.15, 0.2) is 30.3 Å².